The molecule has 2 aromatic rings. The van der Waals surface area contributed by atoms with Crippen LogP contribution in [0.3, 0.4) is 0 Å². The molecule has 2 aromatic heterocycles. The Morgan fingerprint density at radius 3 is 2.84 bits per heavy atom. The number of nitrogens with zero attached hydrogens (tertiary/aromatic N) is 3. The third-order valence-electron chi connectivity index (χ3n) is 4.09. The molecule has 7 nitrogen and oxygen atoms in total. The molecule has 2 N–H and O–H groups in total. The zero-order chi connectivity index (χ0) is 17.8. The smallest absolute Gasteiger partial charge is 0.254 e. The van der Waals surface area contributed by atoms with Gasteiger partial charge in [0.25, 0.3) is 5.56 Å². The van der Waals surface area contributed by atoms with Gasteiger partial charge in [0.05, 0.1) is 10.9 Å². The highest BCUT2D eigenvalue weighted by atomic mass is 32.2. The number of aromatic amines is 1. The predicted molar refractivity (Wildman–Crippen MR) is 99.4 cm³/mol. The van der Waals surface area contributed by atoms with Gasteiger partial charge in [0, 0.05) is 5.56 Å². The Hall–Kier alpha value is -1.74. The number of aryl methyl sites for hydroxylation is 2. The molecular formula is C16H21N5O2S2. The summed E-state index contributed by atoms with van der Waals surface area (Å²) in [6.07, 6.45) is 5.13. The Kier molecular flexibility index (Phi) is 5.85. The molecule has 2 heterocycles. The summed E-state index contributed by atoms with van der Waals surface area (Å²) >= 11 is 2.67. The van der Waals surface area contributed by atoms with Gasteiger partial charge >= 0.3 is 0 Å². The maximum absolute atomic E-state index is 12.5. The van der Waals surface area contributed by atoms with Crippen LogP contribution in [-0.4, -0.2) is 31.3 Å². The first-order valence-corrected chi connectivity index (χ1v) is 10.2. The molecule has 0 bridgehead atoms. The first-order valence-electron chi connectivity index (χ1n) is 8.52. The highest BCUT2D eigenvalue weighted by molar-refractivity contribution is 8.00. The second kappa shape index (κ2) is 8.09. The van der Waals surface area contributed by atoms with Crippen molar-refractivity contribution in [2.45, 2.75) is 62.8 Å². The lowest BCUT2D eigenvalue weighted by atomic mass is 9.97. The van der Waals surface area contributed by atoms with E-state index in [1.807, 2.05) is 13.8 Å². The number of carbonyl (C=O) groups excluding carboxylic acids is 1. The van der Waals surface area contributed by atoms with Gasteiger partial charge in [-0.05, 0) is 38.5 Å². The Morgan fingerprint density at radius 1 is 1.32 bits per heavy atom. The predicted octanol–water partition coefficient (Wildman–Crippen LogP) is 2.57. The highest BCUT2D eigenvalue weighted by Gasteiger charge is 2.22. The molecule has 3 rings (SSSR count). The number of rotatable bonds is 6. The van der Waals surface area contributed by atoms with E-state index in [4.69, 9.17) is 0 Å². The fourth-order valence-electron chi connectivity index (χ4n) is 2.73. The van der Waals surface area contributed by atoms with Gasteiger partial charge in [0.15, 0.2) is 5.16 Å². The van der Waals surface area contributed by atoms with Crippen molar-refractivity contribution in [2.75, 3.05) is 5.32 Å². The first kappa shape index (κ1) is 18.1. The normalized spacial score (nSPS) is 14.8. The van der Waals surface area contributed by atoms with Crippen molar-refractivity contribution in [3.05, 3.63) is 26.6 Å². The molecule has 134 valence electrons. The molecule has 0 aliphatic heterocycles. The van der Waals surface area contributed by atoms with Crippen molar-refractivity contribution in [1.82, 2.24) is 20.2 Å². The van der Waals surface area contributed by atoms with Gasteiger partial charge in [-0.1, -0.05) is 36.9 Å². The van der Waals surface area contributed by atoms with Crippen molar-refractivity contribution in [3.63, 3.8) is 0 Å². The van der Waals surface area contributed by atoms with E-state index < -0.39 is 0 Å². The van der Waals surface area contributed by atoms with Crippen LogP contribution in [0, 0.1) is 0 Å². The molecule has 9 heteroatoms. The van der Waals surface area contributed by atoms with Gasteiger partial charge in [-0.15, -0.1) is 10.2 Å². The fourth-order valence-corrected chi connectivity index (χ4v) is 4.33. The molecule has 1 aliphatic rings. The van der Waals surface area contributed by atoms with E-state index in [9.17, 15) is 9.59 Å². The second-order valence-corrected chi connectivity index (χ2v) is 8.12. The molecular weight excluding hydrogens is 358 g/mol. The minimum Gasteiger partial charge on any atom is -0.301 e. The van der Waals surface area contributed by atoms with Crippen LogP contribution < -0.4 is 10.9 Å². The van der Waals surface area contributed by atoms with Crippen molar-refractivity contribution in [3.8, 4) is 0 Å². The molecule has 0 spiro atoms. The molecule has 1 atom stereocenters. The zero-order valence-electron chi connectivity index (χ0n) is 14.3. The minimum atomic E-state index is -0.348. The van der Waals surface area contributed by atoms with Gasteiger partial charge in [0.1, 0.15) is 5.01 Å². The van der Waals surface area contributed by atoms with Crippen molar-refractivity contribution in [2.24, 2.45) is 0 Å². The summed E-state index contributed by atoms with van der Waals surface area (Å²) in [5.41, 5.74) is 1.61. The van der Waals surface area contributed by atoms with Gasteiger partial charge in [-0.3, -0.25) is 14.9 Å². The number of aromatic nitrogens is 4. The van der Waals surface area contributed by atoms with Gasteiger partial charge in [0.2, 0.25) is 11.0 Å². The summed E-state index contributed by atoms with van der Waals surface area (Å²) in [4.78, 5) is 32.1. The van der Waals surface area contributed by atoms with E-state index in [0.717, 1.165) is 48.4 Å². The number of H-pyrrole nitrogens is 1. The fraction of sp³-hybridized carbons (Fsp3) is 0.562. The largest absolute Gasteiger partial charge is 0.301 e. The van der Waals surface area contributed by atoms with Crippen LogP contribution in [0.2, 0.25) is 0 Å². The van der Waals surface area contributed by atoms with Crippen molar-refractivity contribution < 1.29 is 4.79 Å². The molecule has 0 saturated heterocycles. The lowest BCUT2D eigenvalue weighted by molar-refractivity contribution is -0.115. The van der Waals surface area contributed by atoms with Crippen LogP contribution in [0.1, 0.15) is 49.4 Å². The summed E-state index contributed by atoms with van der Waals surface area (Å²) in [5.74, 6) is -0.147. The van der Waals surface area contributed by atoms with Gasteiger partial charge < -0.3 is 4.98 Å². The maximum Gasteiger partial charge on any atom is 0.254 e. The summed E-state index contributed by atoms with van der Waals surface area (Å²) in [6.45, 7) is 3.93. The Balaban J connectivity index is 1.72. The van der Waals surface area contributed by atoms with E-state index in [1.54, 1.807) is 0 Å². The van der Waals surface area contributed by atoms with Gasteiger partial charge in [-0.2, -0.15) is 0 Å². The lowest BCUT2D eigenvalue weighted by Gasteiger charge is -2.16. The average molecular weight is 380 g/mol. The summed E-state index contributed by atoms with van der Waals surface area (Å²) < 4.78 is 0. The van der Waals surface area contributed by atoms with Crippen molar-refractivity contribution in [1.29, 1.82) is 0 Å². The molecule has 1 unspecified atom stereocenters. The Labute approximate surface area is 154 Å². The molecule has 0 aromatic carbocycles. The van der Waals surface area contributed by atoms with E-state index in [-0.39, 0.29) is 16.7 Å². The molecule has 0 radical (unpaired) electrons. The summed E-state index contributed by atoms with van der Waals surface area (Å²) in [7, 11) is 0. The molecule has 25 heavy (non-hydrogen) atoms. The topological polar surface area (TPSA) is 101 Å². The first-order chi connectivity index (χ1) is 12.1. The van der Waals surface area contributed by atoms with Crippen LogP contribution in [0.25, 0.3) is 0 Å². The zero-order valence-corrected chi connectivity index (χ0v) is 15.9. The lowest BCUT2D eigenvalue weighted by Crippen LogP contribution is -2.26. The number of hydrogen-bond donors (Lipinski definition) is 2. The molecule has 0 saturated carbocycles. The molecule has 1 amide bonds. The van der Waals surface area contributed by atoms with Crippen LogP contribution >= 0.6 is 23.1 Å². The van der Waals surface area contributed by atoms with Crippen LogP contribution in [-0.2, 0) is 24.1 Å². The standard InChI is InChI=1S/C16H21N5O2S2/c1-3-11(14(23)19-16-21-20-12(4-2)25-16)24-15-17-10-8-6-5-7-9(10)13(22)18-15/h11H,3-8H2,1-2H3,(H,17,18,22)(H,19,21,23). The van der Waals surface area contributed by atoms with Crippen LogP contribution in [0.15, 0.2) is 9.95 Å². The monoisotopic (exact) mass is 379 g/mol. The molecule has 0 fully saturated rings. The third-order valence-corrected chi connectivity index (χ3v) is 6.32. The van der Waals surface area contributed by atoms with Crippen molar-refractivity contribution >= 4 is 34.1 Å². The van der Waals surface area contributed by atoms with Crippen LogP contribution in [0.5, 0.6) is 0 Å². The number of carbonyl (C=O) groups is 1. The number of thioether (sulfide) groups is 1. The van der Waals surface area contributed by atoms with E-state index in [2.05, 4.69) is 25.5 Å². The van der Waals surface area contributed by atoms with Crippen LogP contribution in [0.4, 0.5) is 5.13 Å². The SMILES string of the molecule is CCc1nnc(NC(=O)C(CC)Sc2nc3c(c(=O)[nH]2)CCCC3)s1. The molecule has 1 aliphatic carbocycles. The second-order valence-electron chi connectivity index (χ2n) is 5.86. The van der Waals surface area contributed by atoms with E-state index in [0.29, 0.717) is 16.7 Å². The summed E-state index contributed by atoms with van der Waals surface area (Å²) in [5, 5.41) is 12.3. The average Bonchev–Trinajstić information content (AvgIpc) is 3.07. The number of nitrogens with one attached hydrogen (secondary N) is 2. The highest BCUT2D eigenvalue weighted by Crippen LogP contribution is 2.26. The van der Waals surface area contributed by atoms with E-state index >= 15 is 0 Å². The number of anilines is 1. The summed E-state index contributed by atoms with van der Waals surface area (Å²) in [6, 6.07) is 0. The Morgan fingerprint density at radius 2 is 2.12 bits per heavy atom. The van der Waals surface area contributed by atoms with E-state index in [1.165, 1.54) is 23.1 Å². The van der Waals surface area contributed by atoms with Gasteiger partial charge in [-0.25, -0.2) is 4.98 Å². The minimum absolute atomic E-state index is 0.0702. The third kappa shape index (κ3) is 4.27. The maximum atomic E-state index is 12.5. The quantitative estimate of drug-likeness (QED) is 0.591. The number of hydrogen-bond acceptors (Lipinski definition) is 7. The Bertz CT molecular complexity index is 817. The number of amides is 1. The number of fused-ring (bicyclic) bond motifs is 1.